The van der Waals surface area contributed by atoms with Crippen LogP contribution in [-0.2, 0) is 11.3 Å². The molecule has 0 atom stereocenters. The molecule has 1 N–H and O–H groups in total. The van der Waals surface area contributed by atoms with Gasteiger partial charge in [-0.05, 0) is 79.8 Å². The number of pyridine rings is 2. The molecule has 10 rings (SSSR count). The first-order valence-corrected chi connectivity index (χ1v) is 21.6. The van der Waals surface area contributed by atoms with Crippen LogP contribution in [0.5, 0.6) is 5.75 Å². The third-order valence-corrected chi connectivity index (χ3v) is 13.3. The minimum atomic E-state index is -0.336. The normalized spacial score (nSPS) is 17.9. The van der Waals surface area contributed by atoms with Crippen LogP contribution < -0.4 is 24.8 Å². The van der Waals surface area contributed by atoms with E-state index in [1.165, 1.54) is 4.90 Å². The molecule has 3 aliphatic heterocycles. The second kappa shape index (κ2) is 15.9. The maximum atomic E-state index is 13.6. The van der Waals surface area contributed by atoms with E-state index < -0.39 is 0 Å². The highest BCUT2D eigenvalue weighted by Gasteiger charge is 2.45. The summed E-state index contributed by atoms with van der Waals surface area (Å²) in [4.78, 5) is 67.9. The molecule has 0 bridgehead atoms. The van der Waals surface area contributed by atoms with Crippen LogP contribution in [0.2, 0.25) is 0 Å². The van der Waals surface area contributed by atoms with E-state index in [4.69, 9.17) is 19.7 Å². The van der Waals surface area contributed by atoms with Gasteiger partial charge in [-0.15, -0.1) is 0 Å². The van der Waals surface area contributed by atoms with Gasteiger partial charge in [0.05, 0.1) is 42.9 Å². The van der Waals surface area contributed by atoms with Crippen molar-refractivity contribution in [3.8, 4) is 5.75 Å². The Balaban J connectivity index is 0.744. The third kappa shape index (κ3) is 7.38. The predicted octanol–water partition coefficient (Wildman–Crippen LogP) is 7.41. The number of imide groups is 1. The summed E-state index contributed by atoms with van der Waals surface area (Å²) in [5.74, 6) is 1.65. The lowest BCUT2D eigenvalue weighted by Crippen LogP contribution is -2.60. The molecule has 1 spiro atoms. The molecule has 15 nitrogen and oxygen atoms in total. The van der Waals surface area contributed by atoms with Gasteiger partial charge in [0.1, 0.15) is 22.9 Å². The van der Waals surface area contributed by atoms with Crippen molar-refractivity contribution in [3.05, 3.63) is 96.6 Å². The molecule has 0 unspecified atom stereocenters. The fraction of sp³-hybridized carbons (Fsp3) is 0.383. The fourth-order valence-electron chi connectivity index (χ4n) is 9.70. The Morgan fingerprint density at radius 3 is 2.31 bits per heavy atom. The molecule has 15 heteroatoms. The number of nitrogens with one attached hydrogen (secondary N) is 1. The zero-order valence-electron chi connectivity index (χ0n) is 35.5. The van der Waals surface area contributed by atoms with Crippen LogP contribution in [0.4, 0.5) is 33.6 Å². The number of piperidine rings is 1. The molecule has 4 aromatic heterocycles. The minimum absolute atomic E-state index is 0.0250. The van der Waals surface area contributed by atoms with E-state index in [9.17, 15) is 14.4 Å². The first-order valence-electron chi connectivity index (χ1n) is 21.6. The average molecular weight is 834 g/mol. The SMILES string of the molecule is COc1ccc(CN2C(=O)CCN(c3cnc4cc(N5CC6(CCN(c7ccc(Nc8ncc9cc(C(=O)N(C)C)n(C%10CCCC%10)c9n8)nc7)CC6)C5)ccc4c3)C2=O)cc1. The topological polar surface area (TPSA) is 145 Å². The molecule has 1 aliphatic carbocycles. The Kier molecular flexibility index (Phi) is 10.1. The molecular weight excluding hydrogens is 783 g/mol. The van der Waals surface area contributed by atoms with Crippen molar-refractivity contribution >= 4 is 68.6 Å². The Hall–Kier alpha value is -6.77. The van der Waals surface area contributed by atoms with Crippen molar-refractivity contribution in [2.24, 2.45) is 5.41 Å². The maximum absolute atomic E-state index is 13.6. The summed E-state index contributed by atoms with van der Waals surface area (Å²) in [5, 5.41) is 5.11. The second-order valence-corrected chi connectivity index (χ2v) is 17.5. The molecule has 318 valence electrons. The first-order chi connectivity index (χ1) is 30.1. The average Bonchev–Trinajstić information content (AvgIpc) is 3.95. The number of methoxy groups -OCH3 is 1. The highest BCUT2D eigenvalue weighted by molar-refractivity contribution is 6.06. The lowest BCUT2D eigenvalue weighted by molar-refractivity contribution is -0.129. The van der Waals surface area contributed by atoms with Crippen molar-refractivity contribution < 1.29 is 19.1 Å². The van der Waals surface area contributed by atoms with Crippen LogP contribution in [-0.4, -0.2) is 106 Å². The number of nitrogens with zero attached hydrogens (tertiary/aromatic N) is 10. The van der Waals surface area contributed by atoms with Crippen LogP contribution in [0.3, 0.4) is 0 Å². The van der Waals surface area contributed by atoms with Crippen LogP contribution >= 0.6 is 0 Å². The number of amides is 4. The van der Waals surface area contributed by atoms with Crippen molar-refractivity contribution in [1.82, 2.24) is 34.3 Å². The molecule has 6 aromatic rings. The molecular formula is C47H51N11O4. The largest absolute Gasteiger partial charge is 0.497 e. The van der Waals surface area contributed by atoms with E-state index in [0.29, 0.717) is 29.7 Å². The minimum Gasteiger partial charge on any atom is -0.497 e. The van der Waals surface area contributed by atoms with Crippen molar-refractivity contribution in [2.75, 3.05) is 73.9 Å². The van der Waals surface area contributed by atoms with Crippen LogP contribution in [0.1, 0.15) is 67.0 Å². The van der Waals surface area contributed by atoms with Gasteiger partial charge in [-0.2, -0.15) is 4.98 Å². The Labute approximate surface area is 360 Å². The van der Waals surface area contributed by atoms with E-state index in [0.717, 1.165) is 109 Å². The number of hydrogen-bond donors (Lipinski definition) is 1. The predicted molar refractivity (Wildman–Crippen MR) is 239 cm³/mol. The number of carbonyl (C=O) groups is 3. The molecule has 62 heavy (non-hydrogen) atoms. The Morgan fingerprint density at radius 2 is 1.58 bits per heavy atom. The standard InChI is InChI=1S/C47H51N11O4/c1-53(2)44(60)40-23-33-25-50-45(52-43(33)58(40)34-6-4-5-7-34)51-41-15-12-36(26-49-41)54-20-17-47(18-21-54)29-55(30-47)35-11-10-32-22-37(27-48-39(32)24-35)56-19-16-42(59)57(46(56)61)28-31-8-13-38(62-3)14-9-31/h8-15,22-27,34H,4-7,16-21,28-30H2,1-3H3,(H,49,50,51,52). The van der Waals surface area contributed by atoms with Gasteiger partial charge in [-0.25, -0.2) is 14.8 Å². The fourth-order valence-corrected chi connectivity index (χ4v) is 9.70. The van der Waals surface area contributed by atoms with E-state index in [1.54, 1.807) is 43.4 Å². The van der Waals surface area contributed by atoms with E-state index >= 15 is 0 Å². The van der Waals surface area contributed by atoms with Crippen LogP contribution in [0.15, 0.2) is 85.3 Å². The number of anilines is 5. The summed E-state index contributed by atoms with van der Waals surface area (Å²) in [6.45, 7) is 4.47. The molecule has 3 saturated heterocycles. The molecule has 7 heterocycles. The Bertz CT molecular complexity index is 2660. The number of ether oxygens (including phenoxy) is 1. The van der Waals surface area contributed by atoms with Crippen LogP contribution in [0, 0.1) is 5.41 Å². The number of rotatable bonds is 10. The molecule has 1 saturated carbocycles. The Morgan fingerprint density at radius 1 is 0.823 bits per heavy atom. The van der Waals surface area contributed by atoms with Crippen LogP contribution in [0.25, 0.3) is 21.9 Å². The van der Waals surface area contributed by atoms with Gasteiger partial charge in [0.2, 0.25) is 11.9 Å². The first kappa shape index (κ1) is 39.4. The lowest BCUT2D eigenvalue weighted by Gasteiger charge is -2.55. The number of fused-ring (bicyclic) bond motifs is 2. The molecule has 4 amide bonds. The number of benzene rings is 2. The van der Waals surface area contributed by atoms with Gasteiger partial charge in [0, 0.05) is 87.4 Å². The number of hydrogen-bond acceptors (Lipinski definition) is 11. The van der Waals surface area contributed by atoms with Gasteiger partial charge in [-0.3, -0.25) is 24.4 Å². The van der Waals surface area contributed by atoms with Crippen molar-refractivity contribution in [2.45, 2.75) is 57.5 Å². The summed E-state index contributed by atoms with van der Waals surface area (Å²) < 4.78 is 7.37. The smallest absolute Gasteiger partial charge is 0.331 e. The number of aromatic nitrogens is 5. The van der Waals surface area contributed by atoms with Gasteiger partial charge in [0.25, 0.3) is 5.91 Å². The van der Waals surface area contributed by atoms with Gasteiger partial charge >= 0.3 is 6.03 Å². The number of urea groups is 1. The lowest BCUT2D eigenvalue weighted by atomic mass is 9.71. The van der Waals surface area contributed by atoms with E-state index in [2.05, 4.69) is 48.9 Å². The monoisotopic (exact) mass is 833 g/mol. The number of carbonyl (C=O) groups excluding carboxylic acids is 3. The van der Waals surface area contributed by atoms with Crippen molar-refractivity contribution in [3.63, 3.8) is 0 Å². The zero-order valence-corrected chi connectivity index (χ0v) is 35.5. The highest BCUT2D eigenvalue weighted by Crippen LogP contribution is 2.44. The summed E-state index contributed by atoms with van der Waals surface area (Å²) in [7, 11) is 5.17. The molecule has 2 aromatic carbocycles. The second-order valence-electron chi connectivity index (χ2n) is 17.5. The van der Waals surface area contributed by atoms with Gasteiger partial charge in [0.15, 0.2) is 0 Å². The highest BCUT2D eigenvalue weighted by atomic mass is 16.5. The zero-order chi connectivity index (χ0) is 42.5. The van der Waals surface area contributed by atoms with Gasteiger partial charge in [-0.1, -0.05) is 31.0 Å². The quantitative estimate of drug-likeness (QED) is 0.147. The van der Waals surface area contributed by atoms with Crippen molar-refractivity contribution in [1.29, 1.82) is 0 Å². The van der Waals surface area contributed by atoms with E-state index in [-0.39, 0.29) is 42.3 Å². The maximum Gasteiger partial charge on any atom is 0.331 e. The summed E-state index contributed by atoms with van der Waals surface area (Å²) >= 11 is 0. The summed E-state index contributed by atoms with van der Waals surface area (Å²) in [5.41, 5.74) is 6.39. The molecule has 4 fully saturated rings. The molecule has 4 aliphatic rings. The summed E-state index contributed by atoms with van der Waals surface area (Å²) in [6.07, 6.45) is 12.3. The summed E-state index contributed by atoms with van der Waals surface area (Å²) in [6, 6.07) is 21.7. The van der Waals surface area contributed by atoms with E-state index in [1.807, 2.05) is 48.7 Å². The third-order valence-electron chi connectivity index (χ3n) is 13.3. The molecule has 0 radical (unpaired) electrons. The van der Waals surface area contributed by atoms with Gasteiger partial charge < -0.3 is 29.3 Å².